The second-order valence-electron chi connectivity index (χ2n) is 7.75. The molecule has 1 heterocycles. The zero-order valence-electron chi connectivity index (χ0n) is 18.1. The van der Waals surface area contributed by atoms with E-state index in [-0.39, 0.29) is 17.5 Å². The summed E-state index contributed by atoms with van der Waals surface area (Å²) >= 11 is 5.92. The van der Waals surface area contributed by atoms with E-state index in [1.807, 2.05) is 13.8 Å². The number of carbonyl (C=O) groups excluding carboxylic acids is 1. The molecule has 1 unspecified atom stereocenters. The highest BCUT2D eigenvalue weighted by atomic mass is 35.5. The monoisotopic (exact) mass is 486 g/mol. The Hall–Kier alpha value is -3.23. The molecule has 3 aromatic carbocycles. The first-order valence-electron chi connectivity index (χ1n) is 10.4. The Kier molecular flexibility index (Phi) is 6.49. The molecule has 9 heteroatoms. The van der Waals surface area contributed by atoms with Crippen molar-refractivity contribution in [2.75, 3.05) is 16.2 Å². The quantitative estimate of drug-likeness (QED) is 0.544. The summed E-state index contributed by atoms with van der Waals surface area (Å²) in [6.07, 6.45) is -1.07. The summed E-state index contributed by atoms with van der Waals surface area (Å²) in [7, 11) is -3.96. The summed E-state index contributed by atoms with van der Waals surface area (Å²) in [4.78, 5) is 13.1. The van der Waals surface area contributed by atoms with Gasteiger partial charge in [0.05, 0.1) is 23.2 Å². The SMILES string of the molecule is CC(C)Oc1cccc(NC(=O)C2CN(S(=O)(=O)c3ccc(Cl)cc3)c3ccccc3O2)c1. The van der Waals surface area contributed by atoms with Gasteiger partial charge < -0.3 is 14.8 Å². The number of hydrogen-bond acceptors (Lipinski definition) is 5. The van der Waals surface area contributed by atoms with Gasteiger partial charge in [-0.3, -0.25) is 9.10 Å². The number of hydrogen-bond donors (Lipinski definition) is 1. The fourth-order valence-corrected chi connectivity index (χ4v) is 5.04. The Morgan fingerprint density at radius 3 is 2.55 bits per heavy atom. The van der Waals surface area contributed by atoms with Gasteiger partial charge in [0, 0.05) is 16.8 Å². The molecule has 0 aliphatic carbocycles. The van der Waals surface area contributed by atoms with Crippen molar-refractivity contribution < 1.29 is 22.7 Å². The Bertz CT molecular complexity index is 1260. The number of fused-ring (bicyclic) bond motifs is 1. The molecule has 0 saturated carbocycles. The van der Waals surface area contributed by atoms with Crippen LogP contribution in [0.1, 0.15) is 13.8 Å². The zero-order chi connectivity index (χ0) is 23.6. The molecule has 0 aromatic heterocycles. The van der Waals surface area contributed by atoms with Gasteiger partial charge in [-0.05, 0) is 62.4 Å². The van der Waals surface area contributed by atoms with Crippen LogP contribution in [0, 0.1) is 0 Å². The molecule has 7 nitrogen and oxygen atoms in total. The van der Waals surface area contributed by atoms with E-state index in [1.165, 1.54) is 28.6 Å². The summed E-state index contributed by atoms with van der Waals surface area (Å²) in [6, 6.07) is 19.6. The van der Waals surface area contributed by atoms with Crippen LogP contribution in [0.15, 0.2) is 77.7 Å². The van der Waals surface area contributed by atoms with Gasteiger partial charge in [-0.25, -0.2) is 8.42 Å². The van der Waals surface area contributed by atoms with Crippen molar-refractivity contribution in [2.24, 2.45) is 0 Å². The summed E-state index contributed by atoms with van der Waals surface area (Å²) in [5.74, 6) is 0.450. The fraction of sp³-hybridized carbons (Fsp3) is 0.208. The van der Waals surface area contributed by atoms with Gasteiger partial charge in [0.1, 0.15) is 11.5 Å². The van der Waals surface area contributed by atoms with E-state index in [9.17, 15) is 13.2 Å². The Morgan fingerprint density at radius 1 is 1.09 bits per heavy atom. The lowest BCUT2D eigenvalue weighted by Crippen LogP contribution is -2.48. The zero-order valence-corrected chi connectivity index (χ0v) is 19.6. The number of carbonyl (C=O) groups is 1. The smallest absolute Gasteiger partial charge is 0.267 e. The molecule has 3 aromatic rings. The number of para-hydroxylation sites is 2. The lowest BCUT2D eigenvalue weighted by atomic mass is 10.2. The van der Waals surface area contributed by atoms with E-state index in [0.717, 1.165) is 0 Å². The highest BCUT2D eigenvalue weighted by Crippen LogP contribution is 2.37. The summed E-state index contributed by atoms with van der Waals surface area (Å²) in [6.45, 7) is 3.64. The number of nitrogens with one attached hydrogen (secondary N) is 1. The number of rotatable bonds is 6. The van der Waals surface area contributed by atoms with Crippen molar-refractivity contribution in [1.29, 1.82) is 0 Å². The number of anilines is 2. The molecule has 0 bridgehead atoms. The second-order valence-corrected chi connectivity index (χ2v) is 10.0. The van der Waals surface area contributed by atoms with Crippen LogP contribution in [-0.4, -0.2) is 33.1 Å². The van der Waals surface area contributed by atoms with Gasteiger partial charge in [-0.15, -0.1) is 0 Å². The number of benzene rings is 3. The lowest BCUT2D eigenvalue weighted by Gasteiger charge is -2.34. The fourth-order valence-electron chi connectivity index (χ4n) is 3.44. The minimum atomic E-state index is -3.96. The van der Waals surface area contributed by atoms with Crippen LogP contribution in [-0.2, 0) is 14.8 Å². The molecule has 0 saturated heterocycles. The minimum Gasteiger partial charge on any atom is -0.491 e. The van der Waals surface area contributed by atoms with Gasteiger partial charge >= 0.3 is 0 Å². The van der Waals surface area contributed by atoms with E-state index >= 15 is 0 Å². The van der Waals surface area contributed by atoms with E-state index in [2.05, 4.69) is 5.32 Å². The predicted molar refractivity (Wildman–Crippen MR) is 128 cm³/mol. The van der Waals surface area contributed by atoms with Crippen molar-refractivity contribution in [3.8, 4) is 11.5 Å². The Balaban J connectivity index is 1.61. The number of halogens is 1. The summed E-state index contributed by atoms with van der Waals surface area (Å²) in [5.41, 5.74) is 0.886. The normalized spacial score (nSPS) is 15.5. The lowest BCUT2D eigenvalue weighted by molar-refractivity contribution is -0.122. The van der Waals surface area contributed by atoms with Crippen LogP contribution in [0.5, 0.6) is 11.5 Å². The molecule has 1 atom stereocenters. The third-order valence-electron chi connectivity index (χ3n) is 4.90. The summed E-state index contributed by atoms with van der Waals surface area (Å²) in [5, 5.41) is 3.22. The maximum absolute atomic E-state index is 13.4. The predicted octanol–water partition coefficient (Wildman–Crippen LogP) is 4.72. The number of nitrogens with zero attached hydrogens (tertiary/aromatic N) is 1. The molecule has 33 heavy (non-hydrogen) atoms. The topological polar surface area (TPSA) is 84.9 Å². The van der Waals surface area contributed by atoms with Crippen LogP contribution in [0.3, 0.4) is 0 Å². The molecule has 172 valence electrons. The molecular weight excluding hydrogens is 464 g/mol. The van der Waals surface area contributed by atoms with E-state index in [1.54, 1.807) is 48.5 Å². The van der Waals surface area contributed by atoms with Gasteiger partial charge in [-0.1, -0.05) is 29.8 Å². The number of amides is 1. The molecule has 4 rings (SSSR count). The van der Waals surface area contributed by atoms with Crippen LogP contribution >= 0.6 is 11.6 Å². The molecule has 0 spiro atoms. The third kappa shape index (κ3) is 5.07. The van der Waals surface area contributed by atoms with Crippen molar-refractivity contribution in [3.05, 3.63) is 77.8 Å². The standard InChI is InChI=1S/C24H23ClN2O5S/c1-16(2)31-19-7-5-6-18(14-19)26-24(28)23-15-27(21-8-3-4-9-22(21)32-23)33(29,30)20-12-10-17(25)11-13-20/h3-14,16,23H,15H2,1-2H3,(H,26,28). The molecule has 1 aliphatic rings. The minimum absolute atomic E-state index is 0.0132. The van der Waals surface area contributed by atoms with Gasteiger partial charge in [0.25, 0.3) is 15.9 Å². The molecule has 0 fully saturated rings. The molecule has 1 N–H and O–H groups in total. The van der Waals surface area contributed by atoms with Crippen molar-refractivity contribution in [3.63, 3.8) is 0 Å². The highest BCUT2D eigenvalue weighted by molar-refractivity contribution is 7.92. The first kappa shape index (κ1) is 22.9. The van der Waals surface area contributed by atoms with Gasteiger partial charge in [0.15, 0.2) is 6.10 Å². The maximum atomic E-state index is 13.4. The number of ether oxygens (including phenoxy) is 2. The van der Waals surface area contributed by atoms with Gasteiger partial charge in [0.2, 0.25) is 0 Å². The van der Waals surface area contributed by atoms with Crippen LogP contribution in [0.25, 0.3) is 0 Å². The molecule has 1 amide bonds. The molecule has 0 radical (unpaired) electrons. The van der Waals surface area contributed by atoms with Crippen LogP contribution in [0.2, 0.25) is 5.02 Å². The first-order valence-corrected chi connectivity index (χ1v) is 12.2. The molecular formula is C24H23ClN2O5S. The van der Waals surface area contributed by atoms with Crippen molar-refractivity contribution >= 4 is 38.9 Å². The third-order valence-corrected chi connectivity index (χ3v) is 6.95. The van der Waals surface area contributed by atoms with Crippen LogP contribution in [0.4, 0.5) is 11.4 Å². The van der Waals surface area contributed by atoms with E-state index in [0.29, 0.717) is 27.9 Å². The summed E-state index contributed by atoms with van der Waals surface area (Å²) < 4.78 is 39.6. The average molecular weight is 487 g/mol. The Labute approximate surface area is 197 Å². The molecule has 1 aliphatic heterocycles. The van der Waals surface area contributed by atoms with Crippen molar-refractivity contribution in [1.82, 2.24) is 0 Å². The van der Waals surface area contributed by atoms with Gasteiger partial charge in [-0.2, -0.15) is 0 Å². The highest BCUT2D eigenvalue weighted by Gasteiger charge is 2.37. The largest absolute Gasteiger partial charge is 0.491 e. The van der Waals surface area contributed by atoms with E-state index < -0.39 is 22.0 Å². The second kappa shape index (κ2) is 9.33. The van der Waals surface area contributed by atoms with Crippen molar-refractivity contribution in [2.45, 2.75) is 31.0 Å². The Morgan fingerprint density at radius 2 is 1.82 bits per heavy atom. The number of sulfonamides is 1. The first-order chi connectivity index (χ1) is 15.7. The van der Waals surface area contributed by atoms with Crippen LogP contribution < -0.4 is 19.1 Å². The maximum Gasteiger partial charge on any atom is 0.267 e. The average Bonchev–Trinajstić information content (AvgIpc) is 2.78. The van der Waals surface area contributed by atoms with E-state index in [4.69, 9.17) is 21.1 Å².